The maximum atomic E-state index is 12.5. The Morgan fingerprint density at radius 1 is 1.14 bits per heavy atom. The standard InChI is InChI=1S/C22H23N5O2/c1-14-10-16(7-8-19(14)23)22(28)27-12-17-6-5-15(21(24)25)11-20(17)29-13-18-4-2-3-9-26-18/h2-11H,12-13,23H2,1H3,(H3,24,25)(H,27,28). The second-order valence-electron chi connectivity index (χ2n) is 6.60. The Balaban J connectivity index is 1.75. The molecule has 1 heterocycles. The lowest BCUT2D eigenvalue weighted by Crippen LogP contribution is -2.23. The van der Waals surface area contributed by atoms with E-state index >= 15 is 0 Å². The molecule has 29 heavy (non-hydrogen) atoms. The molecule has 2 aromatic carbocycles. The first-order valence-electron chi connectivity index (χ1n) is 9.08. The van der Waals surface area contributed by atoms with E-state index in [2.05, 4.69) is 10.3 Å². The van der Waals surface area contributed by atoms with Crippen molar-refractivity contribution in [3.8, 4) is 5.75 Å². The zero-order valence-electron chi connectivity index (χ0n) is 16.1. The number of carbonyl (C=O) groups is 1. The van der Waals surface area contributed by atoms with Gasteiger partial charge in [-0.25, -0.2) is 0 Å². The summed E-state index contributed by atoms with van der Waals surface area (Å²) in [6, 6.07) is 15.9. The Morgan fingerprint density at radius 3 is 2.62 bits per heavy atom. The summed E-state index contributed by atoms with van der Waals surface area (Å²) in [7, 11) is 0. The summed E-state index contributed by atoms with van der Waals surface area (Å²) in [5, 5.41) is 10.5. The van der Waals surface area contributed by atoms with Crippen LogP contribution in [0.2, 0.25) is 0 Å². The quantitative estimate of drug-likeness (QED) is 0.281. The number of carbonyl (C=O) groups excluding carboxylic acids is 1. The van der Waals surface area contributed by atoms with Crippen LogP contribution in [0.1, 0.15) is 32.7 Å². The van der Waals surface area contributed by atoms with Crippen LogP contribution in [-0.2, 0) is 13.2 Å². The van der Waals surface area contributed by atoms with Crippen molar-refractivity contribution in [3.05, 3.63) is 88.7 Å². The van der Waals surface area contributed by atoms with Gasteiger partial charge in [-0.05, 0) is 48.9 Å². The molecule has 0 aliphatic carbocycles. The number of ether oxygens (including phenoxy) is 1. The number of amides is 1. The Bertz CT molecular complexity index is 1030. The molecule has 0 aliphatic heterocycles. The highest BCUT2D eigenvalue weighted by Crippen LogP contribution is 2.22. The van der Waals surface area contributed by atoms with Crippen molar-refractivity contribution in [2.75, 3.05) is 5.73 Å². The molecule has 0 radical (unpaired) electrons. The van der Waals surface area contributed by atoms with Gasteiger partial charge < -0.3 is 21.5 Å². The molecule has 7 nitrogen and oxygen atoms in total. The summed E-state index contributed by atoms with van der Waals surface area (Å²) >= 11 is 0. The highest BCUT2D eigenvalue weighted by molar-refractivity contribution is 5.96. The molecule has 0 fully saturated rings. The van der Waals surface area contributed by atoms with E-state index in [1.807, 2.05) is 25.1 Å². The van der Waals surface area contributed by atoms with Gasteiger partial charge in [0, 0.05) is 35.1 Å². The van der Waals surface area contributed by atoms with Gasteiger partial charge in [0.15, 0.2) is 0 Å². The molecule has 1 amide bonds. The van der Waals surface area contributed by atoms with Crippen LogP contribution in [0.4, 0.5) is 5.69 Å². The third kappa shape index (κ3) is 5.10. The zero-order chi connectivity index (χ0) is 20.8. The van der Waals surface area contributed by atoms with Crippen molar-refractivity contribution >= 4 is 17.4 Å². The third-order valence-electron chi connectivity index (χ3n) is 4.45. The number of anilines is 1. The largest absolute Gasteiger partial charge is 0.487 e. The minimum atomic E-state index is -0.209. The van der Waals surface area contributed by atoms with Gasteiger partial charge in [0.1, 0.15) is 18.2 Å². The average molecular weight is 389 g/mol. The lowest BCUT2D eigenvalue weighted by atomic mass is 10.1. The molecule has 6 N–H and O–H groups in total. The Hall–Kier alpha value is -3.87. The fraction of sp³-hybridized carbons (Fsp3) is 0.136. The molecule has 0 atom stereocenters. The predicted octanol–water partition coefficient (Wildman–Crippen LogP) is 2.77. The van der Waals surface area contributed by atoms with Crippen LogP contribution in [-0.4, -0.2) is 16.7 Å². The van der Waals surface area contributed by atoms with Crippen molar-refractivity contribution in [3.63, 3.8) is 0 Å². The van der Waals surface area contributed by atoms with Crippen molar-refractivity contribution in [1.29, 1.82) is 5.41 Å². The maximum absolute atomic E-state index is 12.5. The normalized spacial score (nSPS) is 10.4. The number of hydrogen-bond acceptors (Lipinski definition) is 5. The minimum absolute atomic E-state index is 0.0550. The van der Waals surface area contributed by atoms with Gasteiger partial charge in [-0.1, -0.05) is 18.2 Å². The van der Waals surface area contributed by atoms with Crippen molar-refractivity contribution in [1.82, 2.24) is 10.3 Å². The molecular weight excluding hydrogens is 366 g/mol. The van der Waals surface area contributed by atoms with Crippen molar-refractivity contribution < 1.29 is 9.53 Å². The fourth-order valence-corrected chi connectivity index (χ4v) is 2.73. The first kappa shape index (κ1) is 19.9. The van der Waals surface area contributed by atoms with E-state index in [9.17, 15) is 4.79 Å². The van der Waals surface area contributed by atoms with E-state index in [1.165, 1.54) is 0 Å². The number of amidine groups is 1. The summed E-state index contributed by atoms with van der Waals surface area (Å²) in [5.41, 5.74) is 15.5. The van der Waals surface area contributed by atoms with E-state index in [0.717, 1.165) is 16.8 Å². The fourth-order valence-electron chi connectivity index (χ4n) is 2.73. The predicted molar refractivity (Wildman–Crippen MR) is 113 cm³/mol. The molecule has 1 aromatic heterocycles. The Labute approximate surface area is 169 Å². The van der Waals surface area contributed by atoms with E-state index in [0.29, 0.717) is 22.6 Å². The molecule has 148 valence electrons. The molecule has 0 saturated carbocycles. The Morgan fingerprint density at radius 2 is 1.93 bits per heavy atom. The van der Waals surface area contributed by atoms with Gasteiger partial charge in [-0.3, -0.25) is 15.2 Å². The van der Waals surface area contributed by atoms with E-state index < -0.39 is 0 Å². The second-order valence-corrected chi connectivity index (χ2v) is 6.60. The van der Waals surface area contributed by atoms with E-state index in [4.69, 9.17) is 21.6 Å². The van der Waals surface area contributed by atoms with Gasteiger partial charge in [-0.2, -0.15) is 0 Å². The topological polar surface area (TPSA) is 127 Å². The molecular formula is C22H23N5O2. The monoisotopic (exact) mass is 389 g/mol. The average Bonchev–Trinajstić information content (AvgIpc) is 2.73. The number of aromatic nitrogens is 1. The number of aryl methyl sites for hydroxylation is 1. The number of nitrogens with one attached hydrogen (secondary N) is 2. The lowest BCUT2D eigenvalue weighted by molar-refractivity contribution is 0.0950. The molecule has 3 rings (SSSR count). The minimum Gasteiger partial charge on any atom is -0.487 e. The summed E-state index contributed by atoms with van der Waals surface area (Å²) in [5.74, 6) is 0.275. The molecule has 0 aliphatic rings. The van der Waals surface area contributed by atoms with Crippen LogP contribution in [0.15, 0.2) is 60.8 Å². The summed E-state index contributed by atoms with van der Waals surface area (Å²) < 4.78 is 5.90. The molecule has 0 unspecified atom stereocenters. The second kappa shape index (κ2) is 8.88. The SMILES string of the molecule is Cc1cc(C(=O)NCc2ccc(C(=N)N)cc2OCc2ccccn2)ccc1N. The van der Waals surface area contributed by atoms with Gasteiger partial charge in [-0.15, -0.1) is 0 Å². The van der Waals surface area contributed by atoms with Crippen molar-refractivity contribution in [2.45, 2.75) is 20.1 Å². The molecule has 0 bridgehead atoms. The zero-order valence-corrected chi connectivity index (χ0v) is 16.1. The van der Waals surface area contributed by atoms with Crippen LogP contribution >= 0.6 is 0 Å². The number of benzene rings is 2. The van der Waals surface area contributed by atoms with Crippen LogP contribution in [0.5, 0.6) is 5.75 Å². The maximum Gasteiger partial charge on any atom is 0.251 e. The highest BCUT2D eigenvalue weighted by atomic mass is 16.5. The summed E-state index contributed by atoms with van der Waals surface area (Å²) in [6.45, 7) is 2.38. The smallest absolute Gasteiger partial charge is 0.251 e. The molecule has 0 spiro atoms. The van der Waals surface area contributed by atoms with Crippen LogP contribution in [0.3, 0.4) is 0 Å². The highest BCUT2D eigenvalue weighted by Gasteiger charge is 2.11. The van der Waals surface area contributed by atoms with E-state index in [1.54, 1.807) is 42.6 Å². The number of nitrogen functional groups attached to an aromatic ring is 2. The van der Waals surface area contributed by atoms with Gasteiger partial charge >= 0.3 is 0 Å². The third-order valence-corrected chi connectivity index (χ3v) is 4.45. The van der Waals surface area contributed by atoms with Gasteiger partial charge in [0.05, 0.1) is 5.69 Å². The molecule has 3 aromatic rings. The number of nitrogens with two attached hydrogens (primary N) is 2. The van der Waals surface area contributed by atoms with E-state index in [-0.39, 0.29) is 24.9 Å². The van der Waals surface area contributed by atoms with Gasteiger partial charge in [0.2, 0.25) is 0 Å². The van der Waals surface area contributed by atoms with Crippen molar-refractivity contribution in [2.24, 2.45) is 5.73 Å². The van der Waals surface area contributed by atoms with Crippen LogP contribution in [0.25, 0.3) is 0 Å². The first-order chi connectivity index (χ1) is 13.9. The summed E-state index contributed by atoms with van der Waals surface area (Å²) in [6.07, 6.45) is 1.69. The number of pyridine rings is 1. The Kier molecular flexibility index (Phi) is 6.09. The number of rotatable bonds is 7. The molecule has 0 saturated heterocycles. The first-order valence-corrected chi connectivity index (χ1v) is 9.08. The van der Waals surface area contributed by atoms with Crippen LogP contribution in [0, 0.1) is 12.3 Å². The van der Waals surface area contributed by atoms with Crippen LogP contribution < -0.4 is 21.5 Å². The summed E-state index contributed by atoms with van der Waals surface area (Å²) in [4.78, 5) is 16.7. The molecule has 7 heteroatoms. The lowest BCUT2D eigenvalue weighted by Gasteiger charge is -2.14. The number of hydrogen-bond donors (Lipinski definition) is 4. The van der Waals surface area contributed by atoms with Gasteiger partial charge in [0.25, 0.3) is 5.91 Å². The number of nitrogens with zero attached hydrogens (tertiary/aromatic N) is 1.